The van der Waals surface area contributed by atoms with E-state index in [0.717, 1.165) is 33.7 Å². The fourth-order valence-electron chi connectivity index (χ4n) is 3.24. The fraction of sp³-hybridized carbons (Fsp3) is 0.0909. The van der Waals surface area contributed by atoms with Crippen LogP contribution >= 0.6 is 0 Å². The largest absolute Gasteiger partial charge is 0.322 e. The molecule has 4 heteroatoms. The maximum Gasteiger partial charge on any atom is 0.255 e. The van der Waals surface area contributed by atoms with Gasteiger partial charge in [0.05, 0.1) is 5.52 Å². The summed E-state index contributed by atoms with van der Waals surface area (Å²) in [6, 6.07) is 20.8. The lowest BCUT2D eigenvalue weighted by Crippen LogP contribution is -2.12. The third kappa shape index (κ3) is 2.97. The summed E-state index contributed by atoms with van der Waals surface area (Å²) in [6.45, 7) is 2.02. The molecule has 0 bridgehead atoms. The van der Waals surface area contributed by atoms with E-state index in [0.29, 0.717) is 11.3 Å². The summed E-state index contributed by atoms with van der Waals surface area (Å²) in [5.74, 6) is -0.177. The predicted molar refractivity (Wildman–Crippen MR) is 106 cm³/mol. The predicted octanol–water partition coefficient (Wildman–Crippen LogP) is 4.50. The third-order valence-electron chi connectivity index (χ3n) is 4.58. The molecule has 4 aromatic rings. The molecule has 26 heavy (non-hydrogen) atoms. The van der Waals surface area contributed by atoms with Crippen LogP contribution < -0.4 is 10.9 Å². The van der Waals surface area contributed by atoms with E-state index >= 15 is 0 Å². The van der Waals surface area contributed by atoms with Gasteiger partial charge < -0.3 is 10.3 Å². The van der Waals surface area contributed by atoms with Crippen molar-refractivity contribution in [1.29, 1.82) is 0 Å². The summed E-state index contributed by atoms with van der Waals surface area (Å²) in [4.78, 5) is 27.2. The van der Waals surface area contributed by atoms with Crippen LogP contribution in [0.3, 0.4) is 0 Å². The van der Waals surface area contributed by atoms with Gasteiger partial charge in [0.15, 0.2) is 0 Å². The molecule has 0 saturated heterocycles. The number of rotatable bonds is 3. The molecule has 128 valence electrons. The Morgan fingerprint density at radius 3 is 2.58 bits per heavy atom. The van der Waals surface area contributed by atoms with E-state index in [-0.39, 0.29) is 11.5 Å². The lowest BCUT2D eigenvalue weighted by Gasteiger charge is -2.09. The second kappa shape index (κ2) is 6.48. The molecule has 1 amide bonds. The number of anilines is 1. The average Bonchev–Trinajstić information content (AvgIpc) is 2.66. The van der Waals surface area contributed by atoms with Gasteiger partial charge in [0.2, 0.25) is 5.56 Å². The van der Waals surface area contributed by atoms with Gasteiger partial charge in [-0.3, -0.25) is 9.59 Å². The number of pyridine rings is 1. The second-order valence-corrected chi connectivity index (χ2v) is 6.29. The monoisotopic (exact) mass is 342 g/mol. The number of aromatic nitrogens is 1. The number of amides is 1. The van der Waals surface area contributed by atoms with E-state index in [1.54, 1.807) is 12.1 Å². The first-order chi connectivity index (χ1) is 12.6. The average molecular weight is 342 g/mol. The highest BCUT2D eigenvalue weighted by Gasteiger charge is 2.09. The first-order valence-corrected chi connectivity index (χ1v) is 8.60. The smallest absolute Gasteiger partial charge is 0.255 e. The van der Waals surface area contributed by atoms with Crippen LogP contribution in [0.5, 0.6) is 0 Å². The molecule has 0 saturated carbocycles. The van der Waals surface area contributed by atoms with Gasteiger partial charge in [0.1, 0.15) is 0 Å². The lowest BCUT2D eigenvalue weighted by molar-refractivity contribution is 0.102. The Bertz CT molecular complexity index is 1190. The van der Waals surface area contributed by atoms with Gasteiger partial charge in [0.25, 0.3) is 5.91 Å². The van der Waals surface area contributed by atoms with Crippen molar-refractivity contribution in [3.8, 4) is 0 Å². The van der Waals surface area contributed by atoms with Gasteiger partial charge in [0, 0.05) is 22.7 Å². The molecular weight excluding hydrogens is 324 g/mol. The van der Waals surface area contributed by atoms with Gasteiger partial charge in [-0.25, -0.2) is 0 Å². The van der Waals surface area contributed by atoms with Crippen LogP contribution in [0.4, 0.5) is 5.69 Å². The van der Waals surface area contributed by atoms with Crippen LogP contribution in [0.1, 0.15) is 22.8 Å². The SMILES string of the molecule is CCc1cc(=O)[nH]c2cc(NC(=O)c3ccc4ccccc4c3)ccc12. The van der Waals surface area contributed by atoms with Crippen molar-refractivity contribution in [3.05, 3.63) is 88.2 Å². The molecule has 4 rings (SSSR count). The third-order valence-corrected chi connectivity index (χ3v) is 4.58. The summed E-state index contributed by atoms with van der Waals surface area (Å²) in [7, 11) is 0. The van der Waals surface area contributed by atoms with Crippen molar-refractivity contribution in [1.82, 2.24) is 4.98 Å². The van der Waals surface area contributed by atoms with Gasteiger partial charge in [-0.2, -0.15) is 0 Å². The quantitative estimate of drug-likeness (QED) is 0.576. The summed E-state index contributed by atoms with van der Waals surface area (Å²) >= 11 is 0. The van der Waals surface area contributed by atoms with E-state index in [2.05, 4.69) is 10.3 Å². The number of hydrogen-bond donors (Lipinski definition) is 2. The molecule has 0 atom stereocenters. The van der Waals surface area contributed by atoms with Crippen LogP contribution in [0, 0.1) is 0 Å². The van der Waals surface area contributed by atoms with Crippen molar-refractivity contribution in [2.75, 3.05) is 5.32 Å². The first-order valence-electron chi connectivity index (χ1n) is 8.60. The van der Waals surface area contributed by atoms with E-state index in [1.807, 2.05) is 61.5 Å². The van der Waals surface area contributed by atoms with Gasteiger partial charge >= 0.3 is 0 Å². The summed E-state index contributed by atoms with van der Waals surface area (Å²) in [6.07, 6.45) is 0.781. The van der Waals surface area contributed by atoms with Crippen molar-refractivity contribution in [2.24, 2.45) is 0 Å². The number of hydrogen-bond acceptors (Lipinski definition) is 2. The molecule has 0 aliphatic heterocycles. The summed E-state index contributed by atoms with van der Waals surface area (Å²) in [5, 5.41) is 6.03. The molecule has 2 N–H and O–H groups in total. The molecule has 4 nitrogen and oxygen atoms in total. The molecule has 1 heterocycles. The molecule has 1 aromatic heterocycles. The van der Waals surface area contributed by atoms with E-state index in [9.17, 15) is 9.59 Å². The van der Waals surface area contributed by atoms with Gasteiger partial charge in [-0.05, 0) is 47.0 Å². The minimum atomic E-state index is -0.177. The highest BCUT2D eigenvalue weighted by Crippen LogP contribution is 2.21. The Labute approximate surface area is 150 Å². The van der Waals surface area contributed by atoms with Gasteiger partial charge in [-0.1, -0.05) is 43.3 Å². The number of benzene rings is 3. The van der Waals surface area contributed by atoms with E-state index in [1.165, 1.54) is 0 Å². The van der Waals surface area contributed by atoms with Crippen LogP contribution in [-0.4, -0.2) is 10.9 Å². The molecule has 0 unspecified atom stereocenters. The fourth-order valence-corrected chi connectivity index (χ4v) is 3.24. The lowest BCUT2D eigenvalue weighted by atomic mass is 10.1. The maximum atomic E-state index is 12.6. The Balaban J connectivity index is 1.67. The normalized spacial score (nSPS) is 11.0. The Kier molecular flexibility index (Phi) is 4.01. The number of H-pyrrole nitrogens is 1. The molecule has 0 aliphatic rings. The van der Waals surface area contributed by atoms with Crippen molar-refractivity contribution in [3.63, 3.8) is 0 Å². The zero-order chi connectivity index (χ0) is 18.1. The van der Waals surface area contributed by atoms with Crippen LogP contribution in [-0.2, 0) is 6.42 Å². The van der Waals surface area contributed by atoms with Gasteiger partial charge in [-0.15, -0.1) is 0 Å². The molecular formula is C22H18N2O2. The summed E-state index contributed by atoms with van der Waals surface area (Å²) in [5.41, 5.74) is 2.84. The van der Waals surface area contributed by atoms with E-state index < -0.39 is 0 Å². The Morgan fingerprint density at radius 2 is 1.77 bits per heavy atom. The number of aryl methyl sites for hydroxylation is 1. The zero-order valence-corrected chi connectivity index (χ0v) is 14.4. The Morgan fingerprint density at radius 1 is 0.962 bits per heavy atom. The van der Waals surface area contributed by atoms with E-state index in [4.69, 9.17) is 0 Å². The van der Waals surface area contributed by atoms with Crippen LogP contribution in [0.15, 0.2) is 71.5 Å². The number of fused-ring (bicyclic) bond motifs is 2. The second-order valence-electron chi connectivity index (χ2n) is 6.29. The number of carbonyl (C=O) groups excluding carboxylic acids is 1. The number of aromatic amines is 1. The molecule has 3 aromatic carbocycles. The standard InChI is InChI=1S/C22H18N2O2/c1-2-14-12-21(25)24-20-13-18(9-10-19(14)20)23-22(26)17-8-7-15-5-3-4-6-16(15)11-17/h3-13H,2H2,1H3,(H,23,26)(H,24,25). The number of carbonyl (C=O) groups is 1. The maximum absolute atomic E-state index is 12.6. The van der Waals surface area contributed by atoms with Crippen LogP contribution in [0.25, 0.3) is 21.7 Å². The molecule has 0 spiro atoms. The molecule has 0 aliphatic carbocycles. The minimum absolute atomic E-state index is 0.132. The highest BCUT2D eigenvalue weighted by molar-refractivity contribution is 6.07. The first kappa shape index (κ1) is 16.1. The minimum Gasteiger partial charge on any atom is -0.322 e. The topological polar surface area (TPSA) is 62.0 Å². The Hall–Kier alpha value is -3.40. The zero-order valence-electron chi connectivity index (χ0n) is 14.4. The van der Waals surface area contributed by atoms with Crippen molar-refractivity contribution in [2.45, 2.75) is 13.3 Å². The van der Waals surface area contributed by atoms with Crippen LogP contribution in [0.2, 0.25) is 0 Å². The molecule has 0 fully saturated rings. The van der Waals surface area contributed by atoms with Crippen molar-refractivity contribution < 1.29 is 4.79 Å². The summed E-state index contributed by atoms with van der Waals surface area (Å²) < 4.78 is 0. The highest BCUT2D eigenvalue weighted by atomic mass is 16.1. The number of nitrogens with one attached hydrogen (secondary N) is 2. The van der Waals surface area contributed by atoms with Crippen molar-refractivity contribution >= 4 is 33.3 Å². The molecule has 0 radical (unpaired) electrons.